The Hall–Kier alpha value is -3.37. The predicted octanol–water partition coefficient (Wildman–Crippen LogP) is 2.89. The summed E-state index contributed by atoms with van der Waals surface area (Å²) in [7, 11) is -2.68. The Morgan fingerprint density at radius 1 is 1.12 bits per heavy atom. The highest BCUT2D eigenvalue weighted by Crippen LogP contribution is 2.28. The van der Waals surface area contributed by atoms with E-state index in [9.17, 15) is 23.1 Å². The first kappa shape index (κ1) is 25.9. The SMILES string of the molecule is COC(=O)c1c(O)cccc1OCCCOc1cccc(/C(=C/C=O)S(=O)(=O)NC(C)C)c1. The molecule has 0 aliphatic carbocycles. The molecule has 178 valence electrons. The van der Waals surface area contributed by atoms with E-state index in [-0.39, 0.29) is 41.2 Å². The summed E-state index contributed by atoms with van der Waals surface area (Å²) in [5.41, 5.74) is 0.255. The highest BCUT2D eigenvalue weighted by atomic mass is 32.2. The monoisotopic (exact) mass is 477 g/mol. The first-order valence-electron chi connectivity index (χ1n) is 10.1. The predicted molar refractivity (Wildman–Crippen MR) is 123 cm³/mol. The number of phenols is 1. The van der Waals surface area contributed by atoms with Crippen LogP contribution in [-0.4, -0.2) is 52.1 Å². The van der Waals surface area contributed by atoms with E-state index in [1.165, 1.54) is 19.2 Å². The Kier molecular flexibility index (Phi) is 9.43. The number of rotatable bonds is 12. The lowest BCUT2D eigenvalue weighted by atomic mass is 10.2. The number of aldehydes is 1. The molecule has 0 fully saturated rings. The van der Waals surface area contributed by atoms with Crippen molar-refractivity contribution in [1.29, 1.82) is 0 Å². The zero-order chi connectivity index (χ0) is 24.4. The number of methoxy groups -OCH3 is 1. The van der Waals surface area contributed by atoms with E-state index in [4.69, 9.17) is 9.47 Å². The Morgan fingerprint density at radius 2 is 1.82 bits per heavy atom. The smallest absolute Gasteiger partial charge is 0.345 e. The normalized spacial score (nSPS) is 11.8. The van der Waals surface area contributed by atoms with Gasteiger partial charge in [0.25, 0.3) is 0 Å². The summed E-state index contributed by atoms with van der Waals surface area (Å²) in [4.78, 5) is 22.7. The summed E-state index contributed by atoms with van der Waals surface area (Å²) in [6.45, 7) is 3.79. The van der Waals surface area contributed by atoms with Crippen molar-refractivity contribution in [3.8, 4) is 17.2 Å². The number of carbonyl (C=O) groups is 2. The van der Waals surface area contributed by atoms with Gasteiger partial charge in [0.1, 0.15) is 29.1 Å². The first-order chi connectivity index (χ1) is 15.7. The van der Waals surface area contributed by atoms with Crippen LogP contribution in [0.3, 0.4) is 0 Å². The van der Waals surface area contributed by atoms with Crippen molar-refractivity contribution in [2.75, 3.05) is 20.3 Å². The highest BCUT2D eigenvalue weighted by molar-refractivity contribution is 7.98. The molecule has 2 rings (SSSR count). The lowest BCUT2D eigenvalue weighted by Crippen LogP contribution is -2.30. The van der Waals surface area contributed by atoms with E-state index in [1.54, 1.807) is 44.2 Å². The fourth-order valence-corrected chi connectivity index (χ4v) is 4.31. The molecule has 2 N–H and O–H groups in total. The molecule has 0 radical (unpaired) electrons. The number of ether oxygens (including phenoxy) is 3. The van der Waals surface area contributed by atoms with Crippen LogP contribution in [0.2, 0.25) is 0 Å². The molecule has 0 amide bonds. The largest absolute Gasteiger partial charge is 0.507 e. The molecular weight excluding hydrogens is 450 g/mol. The Morgan fingerprint density at radius 3 is 2.48 bits per heavy atom. The minimum Gasteiger partial charge on any atom is -0.507 e. The number of phenolic OH excluding ortho intramolecular Hbond substituents is 1. The van der Waals surface area contributed by atoms with Crippen molar-refractivity contribution < 1.29 is 37.3 Å². The molecule has 0 spiro atoms. The van der Waals surface area contributed by atoms with Gasteiger partial charge in [-0.1, -0.05) is 18.2 Å². The van der Waals surface area contributed by atoms with Gasteiger partial charge in [0, 0.05) is 12.5 Å². The Labute approximate surface area is 193 Å². The second kappa shape index (κ2) is 12.0. The summed E-state index contributed by atoms with van der Waals surface area (Å²) in [6, 6.07) is 10.5. The molecule has 0 unspecified atom stereocenters. The zero-order valence-electron chi connectivity index (χ0n) is 18.6. The zero-order valence-corrected chi connectivity index (χ0v) is 19.4. The maximum Gasteiger partial charge on any atom is 0.345 e. The van der Waals surface area contributed by atoms with Crippen molar-refractivity contribution in [3.63, 3.8) is 0 Å². The van der Waals surface area contributed by atoms with Gasteiger partial charge < -0.3 is 19.3 Å². The average Bonchev–Trinajstić information content (AvgIpc) is 2.76. The molecule has 0 aliphatic rings. The van der Waals surface area contributed by atoms with Gasteiger partial charge in [-0.15, -0.1) is 0 Å². The second-order valence-corrected chi connectivity index (χ2v) is 8.85. The van der Waals surface area contributed by atoms with Crippen molar-refractivity contribution >= 4 is 27.2 Å². The van der Waals surface area contributed by atoms with E-state index in [2.05, 4.69) is 9.46 Å². The van der Waals surface area contributed by atoms with Gasteiger partial charge in [-0.2, -0.15) is 0 Å². The fourth-order valence-electron chi connectivity index (χ4n) is 2.89. The van der Waals surface area contributed by atoms with Gasteiger partial charge in [-0.25, -0.2) is 17.9 Å². The summed E-state index contributed by atoms with van der Waals surface area (Å²) >= 11 is 0. The maximum atomic E-state index is 12.6. The third-order valence-electron chi connectivity index (χ3n) is 4.23. The summed E-state index contributed by atoms with van der Waals surface area (Å²) in [6.07, 6.45) is 1.85. The summed E-state index contributed by atoms with van der Waals surface area (Å²) < 4.78 is 43.5. The number of aromatic hydroxyl groups is 1. The third-order valence-corrected chi connectivity index (χ3v) is 5.96. The van der Waals surface area contributed by atoms with Crippen LogP contribution in [0.5, 0.6) is 17.2 Å². The molecule has 0 heterocycles. The lowest BCUT2D eigenvalue weighted by molar-refractivity contribution is -0.104. The Balaban J connectivity index is 2.01. The molecule has 0 saturated heterocycles. The van der Waals surface area contributed by atoms with Gasteiger partial charge in [0.05, 0.1) is 25.2 Å². The molecule has 0 aliphatic heterocycles. The minimum absolute atomic E-state index is 0.0562. The van der Waals surface area contributed by atoms with Crippen LogP contribution in [0, 0.1) is 0 Å². The molecule has 9 nitrogen and oxygen atoms in total. The standard InChI is InChI=1S/C23H27NO8S/c1-16(2)24-33(28,29)21(11-12-25)17-7-4-8-18(15-17)31-13-6-14-32-20-10-5-9-19(26)22(20)23(27)30-3/h4-5,7-12,15-16,24,26H,6,13-14H2,1-3H3/b21-11-. The van der Waals surface area contributed by atoms with Gasteiger partial charge in [-0.3, -0.25) is 4.79 Å². The minimum atomic E-state index is -3.88. The van der Waals surface area contributed by atoms with Crippen LogP contribution in [0.4, 0.5) is 0 Å². The molecule has 0 aromatic heterocycles. The van der Waals surface area contributed by atoms with E-state index in [1.807, 2.05) is 0 Å². The van der Waals surface area contributed by atoms with Gasteiger partial charge in [-0.05, 0) is 49.8 Å². The van der Waals surface area contributed by atoms with Crippen LogP contribution >= 0.6 is 0 Å². The molecule has 0 bridgehead atoms. The summed E-state index contributed by atoms with van der Waals surface area (Å²) in [5, 5.41) is 9.88. The molecule has 2 aromatic carbocycles. The molecular formula is C23H27NO8S. The molecule has 0 atom stereocenters. The number of carbonyl (C=O) groups excluding carboxylic acids is 2. The van der Waals surface area contributed by atoms with Crippen LogP contribution < -0.4 is 14.2 Å². The van der Waals surface area contributed by atoms with Crippen LogP contribution in [0.1, 0.15) is 36.2 Å². The van der Waals surface area contributed by atoms with E-state index < -0.39 is 16.0 Å². The lowest BCUT2D eigenvalue weighted by Gasteiger charge is -2.14. The van der Waals surface area contributed by atoms with Crippen molar-refractivity contribution in [2.45, 2.75) is 26.3 Å². The van der Waals surface area contributed by atoms with Crippen LogP contribution in [-0.2, 0) is 19.6 Å². The van der Waals surface area contributed by atoms with Crippen molar-refractivity contribution in [1.82, 2.24) is 4.72 Å². The van der Waals surface area contributed by atoms with E-state index in [0.29, 0.717) is 24.0 Å². The van der Waals surface area contributed by atoms with Crippen LogP contribution in [0.15, 0.2) is 48.5 Å². The number of nitrogens with one attached hydrogen (secondary N) is 1. The second-order valence-electron chi connectivity index (χ2n) is 7.16. The van der Waals surface area contributed by atoms with E-state index in [0.717, 1.165) is 6.08 Å². The average molecular weight is 478 g/mol. The number of hydrogen-bond donors (Lipinski definition) is 2. The van der Waals surface area contributed by atoms with Crippen molar-refractivity contribution in [2.24, 2.45) is 0 Å². The first-order valence-corrected chi connectivity index (χ1v) is 11.6. The number of benzene rings is 2. The topological polar surface area (TPSA) is 128 Å². The highest BCUT2D eigenvalue weighted by Gasteiger charge is 2.21. The number of sulfonamides is 1. The number of hydrogen-bond acceptors (Lipinski definition) is 8. The van der Waals surface area contributed by atoms with Gasteiger partial charge >= 0.3 is 5.97 Å². The third kappa shape index (κ3) is 7.33. The number of esters is 1. The molecule has 10 heteroatoms. The Bertz CT molecular complexity index is 1110. The molecule has 33 heavy (non-hydrogen) atoms. The number of allylic oxidation sites excluding steroid dienone is 1. The maximum absolute atomic E-state index is 12.6. The van der Waals surface area contributed by atoms with Gasteiger partial charge in [0.15, 0.2) is 0 Å². The summed E-state index contributed by atoms with van der Waals surface area (Å²) in [5.74, 6) is -0.349. The molecule has 2 aromatic rings. The van der Waals surface area contributed by atoms with Crippen molar-refractivity contribution in [3.05, 3.63) is 59.7 Å². The van der Waals surface area contributed by atoms with Gasteiger partial charge in [0.2, 0.25) is 10.0 Å². The van der Waals surface area contributed by atoms with Crippen LogP contribution in [0.25, 0.3) is 4.91 Å². The quantitative estimate of drug-likeness (QED) is 0.207. The van der Waals surface area contributed by atoms with E-state index >= 15 is 0 Å². The fraction of sp³-hybridized carbons (Fsp3) is 0.304. The molecule has 0 saturated carbocycles.